The lowest BCUT2D eigenvalue weighted by Crippen LogP contribution is -2.14. The van der Waals surface area contributed by atoms with Crippen LogP contribution >= 0.6 is 0 Å². The number of aromatic nitrogens is 3. The Kier molecular flexibility index (Phi) is 6.26. The fraction of sp³-hybridized carbons (Fsp3) is 0.138. The maximum absolute atomic E-state index is 12.7. The Bertz CT molecular complexity index is 1480. The Morgan fingerprint density at radius 3 is 2.40 bits per heavy atom. The molecule has 0 saturated heterocycles. The van der Waals surface area contributed by atoms with Crippen LogP contribution in [-0.2, 0) is 11.3 Å². The van der Waals surface area contributed by atoms with E-state index in [1.807, 2.05) is 103 Å². The molecule has 6 heteroatoms. The summed E-state index contributed by atoms with van der Waals surface area (Å²) in [4.78, 5) is 22.2. The molecule has 6 nitrogen and oxygen atoms in total. The molecular weight excluding hydrogens is 438 g/mol. The van der Waals surface area contributed by atoms with Gasteiger partial charge in [-0.05, 0) is 43.7 Å². The highest BCUT2D eigenvalue weighted by molar-refractivity contribution is 5.97. The molecule has 0 unspecified atom stereocenters. The van der Waals surface area contributed by atoms with Crippen LogP contribution in [0.5, 0.6) is 5.75 Å². The van der Waals surface area contributed by atoms with Crippen LogP contribution in [0.15, 0.2) is 91.1 Å². The summed E-state index contributed by atoms with van der Waals surface area (Å²) in [5.41, 5.74) is 4.39. The second kappa shape index (κ2) is 9.81. The molecule has 174 valence electrons. The van der Waals surface area contributed by atoms with E-state index in [1.165, 1.54) is 0 Å². The summed E-state index contributed by atoms with van der Waals surface area (Å²) in [6.45, 7) is 4.38. The minimum atomic E-state index is -0.423. The minimum Gasteiger partial charge on any atom is -0.489 e. The van der Waals surface area contributed by atoms with Gasteiger partial charge in [-0.25, -0.2) is 14.8 Å². The van der Waals surface area contributed by atoms with Crippen molar-refractivity contribution in [1.29, 1.82) is 0 Å². The lowest BCUT2D eigenvalue weighted by atomic mass is 10.0. The summed E-state index contributed by atoms with van der Waals surface area (Å²) in [5, 5.41) is 1.01. The van der Waals surface area contributed by atoms with Crippen LogP contribution in [0.4, 0.5) is 0 Å². The molecule has 5 rings (SSSR count). The SMILES string of the molecule is CCOC(=O)c1c(C)nc(-n2ccc3cc(OCc4ccccc4)ccc32)nc1-c1ccccc1. The monoisotopic (exact) mass is 463 g/mol. The van der Waals surface area contributed by atoms with E-state index < -0.39 is 5.97 Å². The summed E-state index contributed by atoms with van der Waals surface area (Å²) < 4.78 is 13.2. The molecule has 0 aliphatic heterocycles. The number of ether oxygens (including phenoxy) is 2. The number of benzene rings is 3. The Balaban J connectivity index is 1.52. The molecule has 0 aliphatic carbocycles. The van der Waals surface area contributed by atoms with Crippen molar-refractivity contribution >= 4 is 16.9 Å². The van der Waals surface area contributed by atoms with Gasteiger partial charge >= 0.3 is 5.97 Å². The molecule has 0 atom stereocenters. The van der Waals surface area contributed by atoms with Gasteiger partial charge in [0.15, 0.2) is 0 Å². The highest BCUT2D eigenvalue weighted by Gasteiger charge is 2.22. The summed E-state index contributed by atoms with van der Waals surface area (Å²) in [6.07, 6.45) is 1.93. The van der Waals surface area contributed by atoms with Crippen molar-refractivity contribution in [2.24, 2.45) is 0 Å². The van der Waals surface area contributed by atoms with Crippen molar-refractivity contribution in [3.8, 4) is 23.0 Å². The van der Waals surface area contributed by atoms with Gasteiger partial charge in [0.1, 0.15) is 17.9 Å². The maximum Gasteiger partial charge on any atom is 0.342 e. The molecule has 2 aromatic heterocycles. The molecule has 0 fully saturated rings. The number of hydrogen-bond acceptors (Lipinski definition) is 5. The molecular formula is C29H25N3O3. The molecule has 35 heavy (non-hydrogen) atoms. The molecule has 0 bridgehead atoms. The smallest absolute Gasteiger partial charge is 0.342 e. The van der Waals surface area contributed by atoms with E-state index >= 15 is 0 Å². The van der Waals surface area contributed by atoms with Gasteiger partial charge in [0.2, 0.25) is 5.95 Å². The van der Waals surface area contributed by atoms with E-state index in [9.17, 15) is 4.79 Å². The molecule has 0 spiro atoms. The first-order valence-corrected chi connectivity index (χ1v) is 11.5. The number of hydrogen-bond donors (Lipinski definition) is 0. The third-order valence-corrected chi connectivity index (χ3v) is 5.73. The summed E-state index contributed by atoms with van der Waals surface area (Å²) in [7, 11) is 0. The largest absolute Gasteiger partial charge is 0.489 e. The second-order valence-electron chi connectivity index (χ2n) is 8.10. The van der Waals surface area contributed by atoms with Crippen LogP contribution in [-0.4, -0.2) is 27.1 Å². The van der Waals surface area contributed by atoms with E-state index in [0.29, 0.717) is 29.5 Å². The fourth-order valence-electron chi connectivity index (χ4n) is 4.04. The molecule has 2 heterocycles. The predicted octanol–water partition coefficient (Wildman–Crippen LogP) is 6.15. The zero-order chi connectivity index (χ0) is 24.2. The van der Waals surface area contributed by atoms with Crippen LogP contribution < -0.4 is 4.74 Å². The first kappa shape index (κ1) is 22.3. The third kappa shape index (κ3) is 4.64. The number of fused-ring (bicyclic) bond motifs is 1. The van der Waals surface area contributed by atoms with E-state index in [2.05, 4.69) is 4.98 Å². The van der Waals surface area contributed by atoms with Gasteiger partial charge in [0, 0.05) is 17.1 Å². The fourth-order valence-corrected chi connectivity index (χ4v) is 4.04. The van der Waals surface area contributed by atoms with Crippen molar-refractivity contribution in [3.05, 3.63) is 108 Å². The van der Waals surface area contributed by atoms with Crippen molar-refractivity contribution < 1.29 is 14.3 Å². The van der Waals surface area contributed by atoms with Crippen molar-refractivity contribution in [1.82, 2.24) is 14.5 Å². The van der Waals surface area contributed by atoms with Crippen LogP contribution in [0.25, 0.3) is 28.1 Å². The zero-order valence-electron chi connectivity index (χ0n) is 19.6. The summed E-state index contributed by atoms with van der Waals surface area (Å²) in [5.74, 6) is 0.856. The third-order valence-electron chi connectivity index (χ3n) is 5.73. The average molecular weight is 464 g/mol. The zero-order valence-corrected chi connectivity index (χ0v) is 19.6. The second-order valence-corrected chi connectivity index (χ2v) is 8.10. The molecule has 0 N–H and O–H groups in total. The van der Waals surface area contributed by atoms with Gasteiger partial charge < -0.3 is 9.47 Å². The van der Waals surface area contributed by atoms with E-state index in [-0.39, 0.29) is 6.61 Å². The lowest BCUT2D eigenvalue weighted by Gasteiger charge is -2.14. The quantitative estimate of drug-likeness (QED) is 0.271. The summed E-state index contributed by atoms with van der Waals surface area (Å²) in [6, 6.07) is 27.7. The van der Waals surface area contributed by atoms with Crippen molar-refractivity contribution in [3.63, 3.8) is 0 Å². The van der Waals surface area contributed by atoms with E-state index in [0.717, 1.165) is 27.8 Å². The Labute approximate surface area is 203 Å². The maximum atomic E-state index is 12.7. The van der Waals surface area contributed by atoms with E-state index in [1.54, 1.807) is 6.92 Å². The highest BCUT2D eigenvalue weighted by Crippen LogP contribution is 2.28. The average Bonchev–Trinajstić information content (AvgIpc) is 3.31. The standard InChI is InChI=1S/C29H25N3O3/c1-3-34-28(33)26-20(2)30-29(31-27(26)22-12-8-5-9-13-22)32-17-16-23-18-24(14-15-25(23)32)35-19-21-10-6-4-7-11-21/h4-18H,3,19H2,1-2H3. The van der Waals surface area contributed by atoms with Gasteiger partial charge in [0.05, 0.1) is 23.5 Å². The molecule has 3 aromatic carbocycles. The predicted molar refractivity (Wildman–Crippen MR) is 136 cm³/mol. The number of aryl methyl sites for hydroxylation is 1. The van der Waals surface area contributed by atoms with Gasteiger partial charge in [0.25, 0.3) is 0 Å². The molecule has 5 aromatic rings. The number of carbonyl (C=O) groups is 1. The molecule has 0 aliphatic rings. The van der Waals surface area contributed by atoms with Gasteiger partial charge in [-0.3, -0.25) is 4.57 Å². The normalized spacial score (nSPS) is 10.9. The van der Waals surface area contributed by atoms with Gasteiger partial charge in [-0.2, -0.15) is 0 Å². The van der Waals surface area contributed by atoms with Crippen LogP contribution in [0.1, 0.15) is 28.5 Å². The van der Waals surface area contributed by atoms with Gasteiger partial charge in [-0.15, -0.1) is 0 Å². The highest BCUT2D eigenvalue weighted by atomic mass is 16.5. The van der Waals surface area contributed by atoms with Gasteiger partial charge in [-0.1, -0.05) is 60.7 Å². The van der Waals surface area contributed by atoms with Crippen LogP contribution in [0.3, 0.4) is 0 Å². The summed E-state index contributed by atoms with van der Waals surface area (Å²) >= 11 is 0. The van der Waals surface area contributed by atoms with E-state index in [4.69, 9.17) is 14.5 Å². The first-order chi connectivity index (χ1) is 17.1. The minimum absolute atomic E-state index is 0.283. The molecule has 0 saturated carbocycles. The number of carbonyl (C=O) groups excluding carboxylic acids is 1. The molecule has 0 radical (unpaired) electrons. The number of rotatable bonds is 7. The van der Waals surface area contributed by atoms with Crippen molar-refractivity contribution in [2.75, 3.05) is 6.61 Å². The van der Waals surface area contributed by atoms with Crippen LogP contribution in [0, 0.1) is 6.92 Å². The van der Waals surface area contributed by atoms with Crippen molar-refractivity contribution in [2.45, 2.75) is 20.5 Å². The lowest BCUT2D eigenvalue weighted by molar-refractivity contribution is 0.0525. The Hall–Kier alpha value is -4.45. The first-order valence-electron chi connectivity index (χ1n) is 11.5. The number of nitrogens with zero attached hydrogens (tertiary/aromatic N) is 3. The van der Waals surface area contributed by atoms with Crippen LogP contribution in [0.2, 0.25) is 0 Å². The topological polar surface area (TPSA) is 66.2 Å². The Morgan fingerprint density at radius 1 is 0.914 bits per heavy atom. The Morgan fingerprint density at radius 2 is 1.66 bits per heavy atom. The molecule has 0 amide bonds. The number of esters is 1.